The molecule has 2 rings (SSSR count). The van der Waals surface area contributed by atoms with Gasteiger partial charge in [-0.15, -0.1) is 23.2 Å². The highest BCUT2D eigenvalue weighted by Gasteiger charge is 2.44. The summed E-state index contributed by atoms with van der Waals surface area (Å²) in [5.74, 6) is -0.682. The Hall–Kier alpha value is -0.640. The van der Waals surface area contributed by atoms with Gasteiger partial charge in [-0.05, 0) is 26.9 Å². The molecule has 2 bridgehead atoms. The van der Waals surface area contributed by atoms with Crippen LogP contribution in [-0.4, -0.2) is 134 Å². The molecule has 2 aliphatic rings. The average Bonchev–Trinajstić information content (AvgIpc) is 2.78. The van der Waals surface area contributed by atoms with Gasteiger partial charge < -0.3 is 19.3 Å². The number of nitrogens with zero attached hydrogens (tertiary/aromatic N) is 4. The highest BCUT2D eigenvalue weighted by atomic mass is 35.5. The van der Waals surface area contributed by atoms with Gasteiger partial charge in [0.15, 0.2) is 9.75 Å². The number of esters is 2. The summed E-state index contributed by atoms with van der Waals surface area (Å²) in [7, 11) is 3.93. The molecule has 4 unspecified atom stereocenters. The monoisotopic (exact) mass is 522 g/mol. The van der Waals surface area contributed by atoms with Crippen LogP contribution in [0.3, 0.4) is 0 Å². The number of unbranched alkanes of at least 4 members (excludes halogenated alkanes) is 2. The molecule has 0 saturated carbocycles. The molecule has 0 radical (unpaired) electrons. The first-order valence-corrected chi connectivity index (χ1v) is 13.4. The minimum Gasteiger partial charge on any atom is -0.464 e. The first-order chi connectivity index (χ1) is 16.1. The predicted octanol–water partition coefficient (Wildman–Crippen LogP) is 2.12. The fourth-order valence-corrected chi connectivity index (χ4v) is 5.26. The Kier molecular flexibility index (Phi) is 12.3. The summed E-state index contributed by atoms with van der Waals surface area (Å²) in [5.41, 5.74) is 0. The van der Waals surface area contributed by atoms with Gasteiger partial charge >= 0.3 is 11.9 Å². The molecule has 0 aromatic carbocycles. The van der Waals surface area contributed by atoms with Crippen LogP contribution in [0, 0.1) is 0 Å². The highest BCUT2D eigenvalue weighted by molar-refractivity contribution is 6.35. The average molecular weight is 524 g/mol. The normalized spacial score (nSPS) is 32.2. The van der Waals surface area contributed by atoms with Crippen LogP contribution in [0.1, 0.15) is 39.5 Å². The van der Waals surface area contributed by atoms with Crippen LogP contribution >= 0.6 is 23.2 Å². The minimum absolute atomic E-state index is 0.341. The van der Waals surface area contributed by atoms with Gasteiger partial charge in [0.25, 0.3) is 0 Å². The number of carbonyl (C=O) groups is 2. The standard InChI is InChI=1S/C24H44Cl2N4O4/c1-5-7-15-33-21(31)23(25)17-27(3)9-12-30-14-13-29(19-23)11-10-28(4)18-24(26,20-30)22(32)34-16-8-6-2/h5-20H2,1-4H3. The number of rotatable bonds is 8. The summed E-state index contributed by atoms with van der Waals surface area (Å²) >= 11 is 14.0. The summed E-state index contributed by atoms with van der Waals surface area (Å²) in [4.78, 5) is 32.3. The Balaban J connectivity index is 2.19. The molecule has 8 nitrogen and oxygen atoms in total. The fourth-order valence-electron chi connectivity index (χ4n) is 4.40. The van der Waals surface area contributed by atoms with Gasteiger partial charge in [0.1, 0.15) is 0 Å². The molecule has 0 aromatic rings. The molecule has 0 aliphatic carbocycles. The van der Waals surface area contributed by atoms with E-state index in [2.05, 4.69) is 33.4 Å². The number of likely N-dealkylation sites (N-methyl/N-ethyl adjacent to an activating group) is 2. The molecule has 2 heterocycles. The summed E-state index contributed by atoms with van der Waals surface area (Å²) < 4.78 is 11.1. The highest BCUT2D eigenvalue weighted by Crippen LogP contribution is 2.25. The van der Waals surface area contributed by atoms with Crippen LogP contribution in [0.4, 0.5) is 0 Å². The number of carbonyl (C=O) groups excluding carboxylic acids is 2. The maximum atomic E-state index is 13.0. The SMILES string of the molecule is CCCCOC(=O)C1(Cl)CN(C)CCN2CCN(CCN(C)CC(Cl)(C(=O)OCCCC)C2)C1. The van der Waals surface area contributed by atoms with Crippen molar-refractivity contribution >= 4 is 35.1 Å². The molecular weight excluding hydrogens is 479 g/mol. The van der Waals surface area contributed by atoms with E-state index in [4.69, 9.17) is 32.7 Å². The molecule has 2 saturated heterocycles. The van der Waals surface area contributed by atoms with Crippen molar-refractivity contribution in [2.24, 2.45) is 0 Å². The first-order valence-electron chi connectivity index (χ1n) is 12.7. The van der Waals surface area contributed by atoms with Crippen LogP contribution < -0.4 is 0 Å². The molecule has 0 amide bonds. The van der Waals surface area contributed by atoms with E-state index in [0.717, 1.165) is 38.8 Å². The quantitative estimate of drug-likeness (QED) is 0.273. The lowest BCUT2D eigenvalue weighted by molar-refractivity contribution is -0.150. The van der Waals surface area contributed by atoms with Crippen molar-refractivity contribution in [2.75, 3.05) is 92.8 Å². The van der Waals surface area contributed by atoms with Gasteiger partial charge in [-0.2, -0.15) is 0 Å². The Morgan fingerprint density at radius 2 is 1.03 bits per heavy atom. The maximum absolute atomic E-state index is 13.0. The number of hydrogen-bond acceptors (Lipinski definition) is 8. The number of hydrogen-bond donors (Lipinski definition) is 0. The van der Waals surface area contributed by atoms with Crippen molar-refractivity contribution < 1.29 is 19.1 Å². The van der Waals surface area contributed by atoms with Crippen LogP contribution in [0.15, 0.2) is 0 Å². The fraction of sp³-hybridized carbons (Fsp3) is 0.917. The van der Waals surface area contributed by atoms with E-state index in [-0.39, 0.29) is 11.9 Å². The molecule has 0 N–H and O–H groups in total. The van der Waals surface area contributed by atoms with Crippen LogP contribution in [0.2, 0.25) is 0 Å². The van der Waals surface area contributed by atoms with E-state index >= 15 is 0 Å². The third-order valence-corrected chi connectivity index (χ3v) is 7.30. The first kappa shape index (κ1) is 29.6. The lowest BCUT2D eigenvalue weighted by Crippen LogP contribution is -2.60. The molecule has 34 heavy (non-hydrogen) atoms. The smallest absolute Gasteiger partial charge is 0.329 e. The third kappa shape index (κ3) is 9.10. The zero-order valence-corrected chi connectivity index (χ0v) is 23.0. The molecule has 10 heteroatoms. The van der Waals surface area contributed by atoms with Gasteiger partial charge in [-0.1, -0.05) is 26.7 Å². The van der Waals surface area contributed by atoms with Gasteiger partial charge in [-0.25, -0.2) is 0 Å². The molecule has 0 spiro atoms. The number of halogens is 2. The Morgan fingerprint density at radius 1 is 0.676 bits per heavy atom. The van der Waals surface area contributed by atoms with Crippen LogP contribution in [0.5, 0.6) is 0 Å². The van der Waals surface area contributed by atoms with Gasteiger partial charge in [-0.3, -0.25) is 19.4 Å². The zero-order chi connectivity index (χ0) is 25.2. The van der Waals surface area contributed by atoms with Gasteiger partial charge in [0.05, 0.1) is 13.2 Å². The molecule has 198 valence electrons. The van der Waals surface area contributed by atoms with Gasteiger partial charge in [0, 0.05) is 65.4 Å². The van der Waals surface area contributed by atoms with Crippen molar-refractivity contribution in [1.29, 1.82) is 0 Å². The van der Waals surface area contributed by atoms with Crippen molar-refractivity contribution in [1.82, 2.24) is 19.6 Å². The summed E-state index contributed by atoms with van der Waals surface area (Å²) in [5, 5.41) is 0. The lowest BCUT2D eigenvalue weighted by atomic mass is 10.0. The third-order valence-electron chi connectivity index (χ3n) is 6.51. The maximum Gasteiger partial charge on any atom is 0.329 e. The largest absolute Gasteiger partial charge is 0.464 e. The lowest BCUT2D eigenvalue weighted by Gasteiger charge is -2.42. The van der Waals surface area contributed by atoms with E-state index in [1.165, 1.54) is 0 Å². The molecular formula is C24H44Cl2N4O4. The van der Waals surface area contributed by atoms with Crippen LogP contribution in [0.25, 0.3) is 0 Å². The second kappa shape index (κ2) is 14.2. The second-order valence-electron chi connectivity index (χ2n) is 9.94. The van der Waals surface area contributed by atoms with E-state index < -0.39 is 9.75 Å². The summed E-state index contributed by atoms with van der Waals surface area (Å²) in [6.07, 6.45) is 3.59. The summed E-state index contributed by atoms with van der Waals surface area (Å²) in [6.45, 7) is 10.8. The van der Waals surface area contributed by atoms with Crippen molar-refractivity contribution in [3.8, 4) is 0 Å². The zero-order valence-electron chi connectivity index (χ0n) is 21.5. The van der Waals surface area contributed by atoms with Crippen molar-refractivity contribution in [3.63, 3.8) is 0 Å². The number of alkyl halides is 2. The minimum atomic E-state index is -1.12. The van der Waals surface area contributed by atoms with E-state index in [1.54, 1.807) is 0 Å². The molecule has 4 atom stereocenters. The Bertz CT molecular complexity index is 604. The van der Waals surface area contributed by atoms with Crippen LogP contribution in [-0.2, 0) is 19.1 Å². The van der Waals surface area contributed by atoms with Crippen molar-refractivity contribution in [3.05, 3.63) is 0 Å². The number of fused-ring (bicyclic) bond motifs is 3. The molecule has 0 aromatic heterocycles. The van der Waals surface area contributed by atoms with E-state index in [9.17, 15) is 9.59 Å². The Morgan fingerprint density at radius 3 is 1.38 bits per heavy atom. The van der Waals surface area contributed by atoms with Crippen molar-refractivity contribution in [2.45, 2.75) is 49.3 Å². The number of ether oxygens (including phenoxy) is 2. The van der Waals surface area contributed by atoms with E-state index in [1.807, 2.05) is 14.1 Å². The van der Waals surface area contributed by atoms with Gasteiger partial charge in [0.2, 0.25) is 0 Å². The Labute approximate surface area is 215 Å². The topological polar surface area (TPSA) is 65.6 Å². The second-order valence-corrected chi connectivity index (χ2v) is 11.4. The molecule has 2 aliphatic heterocycles. The van der Waals surface area contributed by atoms with E-state index in [0.29, 0.717) is 65.6 Å². The predicted molar refractivity (Wildman–Crippen MR) is 137 cm³/mol. The molecule has 2 fully saturated rings. The summed E-state index contributed by atoms with van der Waals surface area (Å²) in [6, 6.07) is 0.